The fourth-order valence-corrected chi connectivity index (χ4v) is 4.77. The number of rotatable bonds is 7. The molecule has 2 N–H and O–H groups in total. The number of hydrogen-bond acceptors (Lipinski definition) is 5. The molecule has 1 amide bonds. The van der Waals surface area contributed by atoms with Crippen molar-refractivity contribution in [2.75, 3.05) is 32.8 Å². The van der Waals surface area contributed by atoms with E-state index in [-0.39, 0.29) is 23.7 Å². The molecule has 0 saturated carbocycles. The third-order valence-electron chi connectivity index (χ3n) is 7.05. The second-order valence-electron chi connectivity index (χ2n) is 10.8. The van der Waals surface area contributed by atoms with Crippen LogP contribution in [0.15, 0.2) is 53.3 Å². The minimum absolute atomic E-state index is 0.0979. The van der Waals surface area contributed by atoms with E-state index < -0.39 is 6.10 Å². The Labute approximate surface area is 212 Å². The molecule has 1 aliphatic rings. The Morgan fingerprint density at radius 1 is 1.08 bits per heavy atom. The van der Waals surface area contributed by atoms with Crippen LogP contribution in [0.2, 0.25) is 0 Å². The number of aliphatic hydroxyl groups is 1. The minimum Gasteiger partial charge on any atom is -0.491 e. The minimum atomic E-state index is -0.568. The van der Waals surface area contributed by atoms with Gasteiger partial charge in [-0.3, -0.25) is 4.57 Å². The van der Waals surface area contributed by atoms with E-state index in [1.165, 1.54) is 14.7 Å². The molecular weight excluding hydrogens is 456 g/mol. The number of β-amino-alcohol motifs (C(OH)–C–C–N with tert-alkyl or cyclic N) is 1. The molecular formula is C28H38N4O4. The molecule has 0 aliphatic carbocycles. The summed E-state index contributed by atoms with van der Waals surface area (Å²) in [5.41, 5.74) is 2.35. The number of para-hydroxylation sites is 2. The molecule has 0 bridgehead atoms. The Morgan fingerprint density at radius 2 is 1.72 bits per heavy atom. The lowest BCUT2D eigenvalue weighted by atomic mass is 9.87. The average molecular weight is 495 g/mol. The van der Waals surface area contributed by atoms with Gasteiger partial charge >= 0.3 is 11.7 Å². The fourth-order valence-electron chi connectivity index (χ4n) is 4.77. The van der Waals surface area contributed by atoms with Gasteiger partial charge in [0.2, 0.25) is 0 Å². The van der Waals surface area contributed by atoms with Gasteiger partial charge in [-0.15, -0.1) is 0 Å². The first kappa shape index (κ1) is 26.0. The number of nitrogens with one attached hydrogen (secondary N) is 1. The predicted octanol–water partition coefficient (Wildman–Crippen LogP) is 3.35. The summed E-state index contributed by atoms with van der Waals surface area (Å²) in [6.45, 7) is 9.58. The number of fused-ring (bicyclic) bond motifs is 1. The highest BCUT2D eigenvalue weighted by Crippen LogP contribution is 2.24. The Balaban J connectivity index is 1.20. The van der Waals surface area contributed by atoms with Crippen LogP contribution in [-0.2, 0) is 12.5 Å². The van der Waals surface area contributed by atoms with Crippen LogP contribution in [0, 0.1) is 5.92 Å². The molecule has 1 aromatic heterocycles. The number of likely N-dealkylation sites (tertiary alicyclic amines) is 1. The van der Waals surface area contributed by atoms with E-state index in [9.17, 15) is 14.7 Å². The third kappa shape index (κ3) is 5.99. The van der Waals surface area contributed by atoms with Crippen molar-refractivity contribution in [3.05, 3.63) is 64.6 Å². The number of benzene rings is 2. The lowest BCUT2D eigenvalue weighted by molar-refractivity contribution is 0.0552. The molecule has 8 heteroatoms. The van der Waals surface area contributed by atoms with Crippen molar-refractivity contribution in [3.63, 3.8) is 0 Å². The third-order valence-corrected chi connectivity index (χ3v) is 7.05. The fraction of sp³-hybridized carbons (Fsp3) is 0.500. The van der Waals surface area contributed by atoms with Crippen LogP contribution in [0.4, 0.5) is 4.79 Å². The van der Waals surface area contributed by atoms with E-state index in [4.69, 9.17) is 4.74 Å². The smallest absolute Gasteiger partial charge is 0.337 e. The second kappa shape index (κ2) is 10.9. The summed E-state index contributed by atoms with van der Waals surface area (Å²) in [4.78, 5) is 27.6. The number of aryl methyl sites for hydroxylation is 1. The average Bonchev–Trinajstić information content (AvgIpc) is 3.12. The highest BCUT2D eigenvalue weighted by Gasteiger charge is 2.23. The normalized spacial score (nSPS) is 16.2. The van der Waals surface area contributed by atoms with Crippen LogP contribution in [-0.4, -0.2) is 64.1 Å². The molecule has 1 fully saturated rings. The summed E-state index contributed by atoms with van der Waals surface area (Å²) in [5, 5.41) is 13.4. The summed E-state index contributed by atoms with van der Waals surface area (Å²) in [6, 6.07) is 15.0. The van der Waals surface area contributed by atoms with Gasteiger partial charge in [0, 0.05) is 20.1 Å². The number of piperidine rings is 1. The maximum atomic E-state index is 12.8. The molecule has 0 spiro atoms. The van der Waals surface area contributed by atoms with Gasteiger partial charge in [-0.2, -0.15) is 0 Å². The lowest BCUT2D eigenvalue weighted by Crippen LogP contribution is -2.44. The van der Waals surface area contributed by atoms with Crippen LogP contribution in [0.1, 0.15) is 39.2 Å². The number of amides is 1. The molecule has 0 radical (unpaired) electrons. The van der Waals surface area contributed by atoms with Gasteiger partial charge in [0.05, 0.1) is 11.0 Å². The van der Waals surface area contributed by atoms with Crippen LogP contribution in [0.5, 0.6) is 5.75 Å². The quantitative estimate of drug-likeness (QED) is 0.526. The molecule has 1 unspecified atom stereocenters. The zero-order valence-corrected chi connectivity index (χ0v) is 21.7. The Hall–Kier alpha value is -3.10. The van der Waals surface area contributed by atoms with Crippen molar-refractivity contribution in [1.82, 2.24) is 19.4 Å². The van der Waals surface area contributed by atoms with Crippen molar-refractivity contribution in [3.8, 4) is 5.75 Å². The van der Waals surface area contributed by atoms with Crippen molar-refractivity contribution >= 4 is 17.1 Å². The maximum Gasteiger partial charge on any atom is 0.337 e. The molecule has 4 rings (SSSR count). The SMILES string of the molecule is Cn1c(=O)n(C(=O)NCC2CCN(CC(O)COc3ccc(C(C)(C)C)cc3)CC2)c2ccccc21. The van der Waals surface area contributed by atoms with Crippen LogP contribution in [0.3, 0.4) is 0 Å². The number of carbonyl (C=O) groups excluding carboxylic acids is 1. The molecule has 1 aliphatic heterocycles. The van der Waals surface area contributed by atoms with Crippen LogP contribution < -0.4 is 15.7 Å². The van der Waals surface area contributed by atoms with E-state index in [1.807, 2.05) is 30.3 Å². The van der Waals surface area contributed by atoms with Gasteiger partial charge < -0.3 is 20.1 Å². The Bertz CT molecular complexity index is 1230. The van der Waals surface area contributed by atoms with Gasteiger partial charge in [0.15, 0.2) is 0 Å². The highest BCUT2D eigenvalue weighted by molar-refractivity contribution is 5.89. The monoisotopic (exact) mass is 494 g/mol. The molecule has 36 heavy (non-hydrogen) atoms. The topological polar surface area (TPSA) is 88.7 Å². The van der Waals surface area contributed by atoms with Gasteiger partial charge in [-0.25, -0.2) is 14.2 Å². The van der Waals surface area contributed by atoms with Gasteiger partial charge in [0.25, 0.3) is 0 Å². The molecule has 2 heterocycles. The summed E-state index contributed by atoms with van der Waals surface area (Å²) < 4.78 is 8.49. The molecule has 1 atom stereocenters. The largest absolute Gasteiger partial charge is 0.491 e. The van der Waals surface area contributed by atoms with Gasteiger partial charge in [-0.05, 0) is 67.1 Å². The number of hydrogen-bond donors (Lipinski definition) is 2. The first-order valence-electron chi connectivity index (χ1n) is 12.7. The van der Waals surface area contributed by atoms with Crippen molar-refractivity contribution < 1.29 is 14.6 Å². The number of aliphatic hydroxyl groups excluding tert-OH is 1. The van der Waals surface area contributed by atoms with Crippen molar-refractivity contribution in [2.24, 2.45) is 13.0 Å². The van der Waals surface area contributed by atoms with E-state index >= 15 is 0 Å². The summed E-state index contributed by atoms with van der Waals surface area (Å²) in [7, 11) is 1.67. The Kier molecular flexibility index (Phi) is 7.85. The van der Waals surface area contributed by atoms with Gasteiger partial charge in [0.1, 0.15) is 18.5 Å². The zero-order chi connectivity index (χ0) is 25.9. The molecule has 3 aromatic rings. The number of nitrogens with zero attached hydrogens (tertiary/aromatic N) is 3. The maximum absolute atomic E-state index is 12.8. The number of ether oxygens (including phenoxy) is 1. The second-order valence-corrected chi connectivity index (χ2v) is 10.8. The van der Waals surface area contributed by atoms with E-state index in [2.05, 4.69) is 43.1 Å². The highest BCUT2D eigenvalue weighted by atomic mass is 16.5. The first-order chi connectivity index (χ1) is 17.1. The van der Waals surface area contributed by atoms with Crippen molar-refractivity contribution in [1.29, 1.82) is 0 Å². The van der Waals surface area contributed by atoms with Crippen LogP contribution >= 0.6 is 0 Å². The van der Waals surface area contributed by atoms with Crippen LogP contribution in [0.25, 0.3) is 11.0 Å². The van der Waals surface area contributed by atoms with E-state index in [1.54, 1.807) is 13.1 Å². The summed E-state index contributed by atoms with van der Waals surface area (Å²) in [6.07, 6.45) is 1.28. The molecule has 194 valence electrons. The zero-order valence-electron chi connectivity index (χ0n) is 21.7. The van der Waals surface area contributed by atoms with E-state index in [0.717, 1.165) is 37.2 Å². The number of carbonyl (C=O) groups is 1. The summed E-state index contributed by atoms with van der Waals surface area (Å²) in [5.74, 6) is 1.10. The van der Waals surface area contributed by atoms with E-state index in [0.29, 0.717) is 24.5 Å². The predicted molar refractivity (Wildman–Crippen MR) is 142 cm³/mol. The standard InChI is InChI=1S/C28H38N4O4/c1-28(2,3)21-9-11-23(12-10-21)36-19-22(33)18-31-15-13-20(14-16-31)17-29-26(34)32-25-8-6-5-7-24(25)30(4)27(32)35/h5-12,20,22,33H,13-19H2,1-4H3,(H,29,34). The van der Waals surface area contributed by atoms with Gasteiger partial charge in [-0.1, -0.05) is 45.0 Å². The first-order valence-corrected chi connectivity index (χ1v) is 12.7. The molecule has 1 saturated heterocycles. The van der Waals surface area contributed by atoms with Crippen molar-refractivity contribution in [2.45, 2.75) is 45.1 Å². The number of aromatic nitrogens is 2. The molecule has 2 aromatic carbocycles. The lowest BCUT2D eigenvalue weighted by Gasteiger charge is -2.33. The molecule has 8 nitrogen and oxygen atoms in total. The summed E-state index contributed by atoms with van der Waals surface area (Å²) >= 11 is 0. The Morgan fingerprint density at radius 3 is 2.36 bits per heavy atom. The number of imidazole rings is 1.